The number of piperidine rings is 1. The molecular weight excluding hydrogens is 318 g/mol. The van der Waals surface area contributed by atoms with E-state index in [1.54, 1.807) is 7.11 Å². The second-order valence-corrected chi connectivity index (χ2v) is 6.52. The summed E-state index contributed by atoms with van der Waals surface area (Å²) in [6.45, 7) is 5.62. The Morgan fingerprint density at radius 1 is 1.36 bits per heavy atom. The summed E-state index contributed by atoms with van der Waals surface area (Å²) in [5, 5.41) is 6.82. The van der Waals surface area contributed by atoms with E-state index in [2.05, 4.69) is 15.4 Å². The van der Waals surface area contributed by atoms with Gasteiger partial charge in [0.05, 0.1) is 18.2 Å². The number of nitrogens with one attached hydrogen (secondary N) is 1. The van der Waals surface area contributed by atoms with Crippen molar-refractivity contribution in [1.29, 1.82) is 0 Å². The highest BCUT2D eigenvalue weighted by Crippen LogP contribution is 2.23. The molecule has 1 aromatic carbocycles. The second kappa shape index (κ2) is 7.70. The normalized spacial score (nSPS) is 17.6. The lowest BCUT2D eigenvalue weighted by molar-refractivity contribution is -0.115. The van der Waals surface area contributed by atoms with Crippen molar-refractivity contribution in [2.24, 2.45) is 0 Å². The van der Waals surface area contributed by atoms with Crippen molar-refractivity contribution in [2.75, 3.05) is 30.4 Å². The maximum Gasteiger partial charge on any atom is 0.228 e. The number of benzene rings is 1. The Morgan fingerprint density at radius 2 is 2.12 bits per heavy atom. The van der Waals surface area contributed by atoms with Crippen molar-refractivity contribution in [2.45, 2.75) is 39.2 Å². The van der Waals surface area contributed by atoms with Gasteiger partial charge in [0.2, 0.25) is 5.91 Å². The van der Waals surface area contributed by atoms with E-state index < -0.39 is 0 Å². The number of aryl methyl sites for hydroxylation is 2. The van der Waals surface area contributed by atoms with E-state index in [-0.39, 0.29) is 12.3 Å². The highest BCUT2D eigenvalue weighted by Gasteiger charge is 2.19. The number of aromatic nitrogens is 1. The van der Waals surface area contributed by atoms with Gasteiger partial charge in [-0.15, -0.1) is 0 Å². The van der Waals surface area contributed by atoms with Gasteiger partial charge in [0.25, 0.3) is 0 Å². The molecule has 25 heavy (non-hydrogen) atoms. The van der Waals surface area contributed by atoms with Crippen LogP contribution < -0.4 is 10.2 Å². The average molecular weight is 343 g/mol. The van der Waals surface area contributed by atoms with Crippen LogP contribution in [0.2, 0.25) is 0 Å². The zero-order chi connectivity index (χ0) is 17.8. The molecule has 6 nitrogen and oxygen atoms in total. The fourth-order valence-corrected chi connectivity index (χ4v) is 3.24. The van der Waals surface area contributed by atoms with Gasteiger partial charge in [0, 0.05) is 37.1 Å². The van der Waals surface area contributed by atoms with Crippen LogP contribution >= 0.6 is 0 Å². The summed E-state index contributed by atoms with van der Waals surface area (Å²) in [5.41, 5.74) is 3.57. The lowest BCUT2D eigenvalue weighted by atomic mass is 10.1. The highest BCUT2D eigenvalue weighted by atomic mass is 16.5. The Kier molecular flexibility index (Phi) is 5.38. The van der Waals surface area contributed by atoms with E-state index in [1.165, 1.54) is 0 Å². The molecular formula is C19H25N3O3. The molecule has 1 saturated heterocycles. The number of hydrogen-bond acceptors (Lipinski definition) is 5. The van der Waals surface area contributed by atoms with Crippen LogP contribution in [0.1, 0.15) is 29.9 Å². The maximum atomic E-state index is 12.2. The molecule has 1 aliphatic heterocycles. The van der Waals surface area contributed by atoms with Gasteiger partial charge >= 0.3 is 0 Å². The van der Waals surface area contributed by atoms with Crippen molar-refractivity contribution < 1.29 is 14.1 Å². The summed E-state index contributed by atoms with van der Waals surface area (Å²) in [4.78, 5) is 14.6. The number of rotatable bonds is 5. The first-order valence-corrected chi connectivity index (χ1v) is 8.66. The van der Waals surface area contributed by atoms with E-state index in [0.717, 1.165) is 48.6 Å². The molecule has 1 aromatic heterocycles. The zero-order valence-corrected chi connectivity index (χ0v) is 15.0. The van der Waals surface area contributed by atoms with Crippen molar-refractivity contribution in [3.8, 4) is 0 Å². The number of hydrogen-bond donors (Lipinski definition) is 1. The van der Waals surface area contributed by atoms with Gasteiger partial charge in [0.1, 0.15) is 5.76 Å². The van der Waals surface area contributed by atoms with Crippen LogP contribution in [0.25, 0.3) is 0 Å². The number of nitrogens with zero attached hydrogens (tertiary/aromatic N) is 2. The van der Waals surface area contributed by atoms with Crippen molar-refractivity contribution in [3.05, 3.63) is 41.3 Å². The van der Waals surface area contributed by atoms with Gasteiger partial charge in [0.15, 0.2) is 0 Å². The molecule has 1 unspecified atom stereocenters. The summed E-state index contributed by atoms with van der Waals surface area (Å²) in [6.07, 6.45) is 2.81. The largest absolute Gasteiger partial charge is 0.380 e. The number of amides is 1. The molecule has 1 N–H and O–H groups in total. The molecule has 3 rings (SSSR count). The quantitative estimate of drug-likeness (QED) is 0.903. The molecule has 1 aliphatic rings. The Hall–Kier alpha value is -2.34. The third-order valence-electron chi connectivity index (χ3n) is 4.75. The Labute approximate surface area is 148 Å². The molecule has 0 bridgehead atoms. The fourth-order valence-electron chi connectivity index (χ4n) is 3.24. The molecule has 0 saturated carbocycles. The van der Waals surface area contributed by atoms with Gasteiger partial charge < -0.3 is 19.5 Å². The minimum Gasteiger partial charge on any atom is -0.380 e. The Morgan fingerprint density at radius 3 is 2.76 bits per heavy atom. The minimum absolute atomic E-state index is 0.0698. The second-order valence-electron chi connectivity index (χ2n) is 6.52. The standard InChI is InChI=1S/C19H25N3O3/c1-13-18(14(2)25-21-13)11-19(23)20-15-6-8-16(9-7-15)22-10-4-5-17(12-22)24-3/h6-9,17H,4-5,10-12H2,1-3H3,(H,20,23). The van der Waals surface area contributed by atoms with Gasteiger partial charge in [-0.3, -0.25) is 4.79 Å². The third-order valence-corrected chi connectivity index (χ3v) is 4.75. The molecule has 6 heteroatoms. The Balaban J connectivity index is 1.60. The number of methoxy groups -OCH3 is 1. The van der Waals surface area contributed by atoms with Crippen molar-refractivity contribution >= 4 is 17.3 Å². The Bertz CT molecular complexity index is 705. The average Bonchev–Trinajstić information content (AvgIpc) is 2.94. The van der Waals surface area contributed by atoms with Crippen LogP contribution in [0.5, 0.6) is 0 Å². The minimum atomic E-state index is -0.0698. The topological polar surface area (TPSA) is 67.6 Å². The third kappa shape index (κ3) is 4.20. The van der Waals surface area contributed by atoms with Gasteiger partial charge in [-0.05, 0) is 51.0 Å². The number of ether oxygens (including phenoxy) is 1. The van der Waals surface area contributed by atoms with E-state index in [9.17, 15) is 4.79 Å². The van der Waals surface area contributed by atoms with E-state index in [1.807, 2.05) is 38.1 Å². The molecule has 0 radical (unpaired) electrons. The van der Waals surface area contributed by atoms with E-state index in [4.69, 9.17) is 9.26 Å². The number of carbonyl (C=O) groups is 1. The van der Waals surface area contributed by atoms with Crippen LogP contribution in [0.3, 0.4) is 0 Å². The van der Waals surface area contributed by atoms with Gasteiger partial charge in [-0.2, -0.15) is 0 Å². The SMILES string of the molecule is COC1CCCN(c2ccc(NC(=O)Cc3c(C)noc3C)cc2)C1. The zero-order valence-electron chi connectivity index (χ0n) is 15.0. The first-order valence-electron chi connectivity index (χ1n) is 8.66. The first-order chi connectivity index (χ1) is 12.1. The summed E-state index contributed by atoms with van der Waals surface area (Å²) in [5.74, 6) is 0.625. The number of anilines is 2. The molecule has 134 valence electrons. The maximum absolute atomic E-state index is 12.2. The van der Waals surface area contributed by atoms with E-state index in [0.29, 0.717) is 11.9 Å². The van der Waals surface area contributed by atoms with Crippen LogP contribution in [0.4, 0.5) is 11.4 Å². The van der Waals surface area contributed by atoms with Crippen molar-refractivity contribution in [1.82, 2.24) is 5.16 Å². The highest BCUT2D eigenvalue weighted by molar-refractivity contribution is 5.92. The number of carbonyl (C=O) groups excluding carboxylic acids is 1. The molecule has 1 atom stereocenters. The summed E-state index contributed by atoms with van der Waals surface area (Å²) < 4.78 is 10.6. The van der Waals surface area contributed by atoms with Gasteiger partial charge in [-0.1, -0.05) is 5.16 Å². The lowest BCUT2D eigenvalue weighted by Crippen LogP contribution is -2.39. The molecule has 2 heterocycles. The fraction of sp³-hybridized carbons (Fsp3) is 0.474. The summed E-state index contributed by atoms with van der Waals surface area (Å²) in [7, 11) is 1.77. The first kappa shape index (κ1) is 17.5. The van der Waals surface area contributed by atoms with Crippen LogP contribution in [0.15, 0.2) is 28.8 Å². The summed E-state index contributed by atoms with van der Waals surface area (Å²) in [6, 6.07) is 7.97. The van der Waals surface area contributed by atoms with Crippen LogP contribution in [0, 0.1) is 13.8 Å². The predicted molar refractivity (Wildman–Crippen MR) is 97.0 cm³/mol. The molecule has 0 spiro atoms. The van der Waals surface area contributed by atoms with Gasteiger partial charge in [-0.25, -0.2) is 0 Å². The van der Waals surface area contributed by atoms with Crippen LogP contribution in [-0.2, 0) is 16.0 Å². The van der Waals surface area contributed by atoms with Crippen LogP contribution in [-0.4, -0.2) is 37.4 Å². The lowest BCUT2D eigenvalue weighted by Gasteiger charge is -2.33. The predicted octanol–water partition coefficient (Wildman–Crippen LogP) is 3.09. The monoisotopic (exact) mass is 343 g/mol. The molecule has 0 aliphatic carbocycles. The van der Waals surface area contributed by atoms with Crippen molar-refractivity contribution in [3.63, 3.8) is 0 Å². The van der Waals surface area contributed by atoms with E-state index >= 15 is 0 Å². The smallest absolute Gasteiger partial charge is 0.228 e. The molecule has 1 amide bonds. The summed E-state index contributed by atoms with van der Waals surface area (Å²) >= 11 is 0. The molecule has 1 fully saturated rings. The molecule has 2 aromatic rings.